The number of rotatable bonds is 7. The van der Waals surface area contributed by atoms with E-state index in [4.69, 9.17) is 0 Å². The molecule has 0 bridgehead atoms. The number of amides is 1. The molecule has 0 saturated carbocycles. The summed E-state index contributed by atoms with van der Waals surface area (Å²) in [6, 6.07) is 6.15. The van der Waals surface area contributed by atoms with Gasteiger partial charge in [-0.15, -0.1) is 0 Å². The average molecular weight is 330 g/mol. The molecular formula is C20H30N2O2. The minimum Gasteiger partial charge on any atom is -0.353 e. The second-order valence-corrected chi connectivity index (χ2v) is 6.92. The third kappa shape index (κ3) is 5.45. The number of Topliss-reactive ketones (excluding diaryl/α,β-unsaturated/α-hetero) is 1. The third-order valence-electron chi connectivity index (χ3n) is 4.77. The van der Waals surface area contributed by atoms with Gasteiger partial charge in [0.15, 0.2) is 5.78 Å². The molecule has 1 amide bonds. The number of benzene rings is 1. The van der Waals surface area contributed by atoms with Crippen LogP contribution in [0.2, 0.25) is 0 Å². The number of carbonyl (C=O) groups is 2. The number of nitrogens with one attached hydrogen (secondary N) is 1. The second kappa shape index (κ2) is 8.97. The van der Waals surface area contributed by atoms with E-state index in [0.29, 0.717) is 0 Å². The Bertz CT molecular complexity index is 575. The summed E-state index contributed by atoms with van der Waals surface area (Å²) in [5, 5.41) is 3.10. The molecule has 1 heterocycles. The second-order valence-electron chi connectivity index (χ2n) is 6.92. The lowest BCUT2D eigenvalue weighted by molar-refractivity contribution is -0.122. The van der Waals surface area contributed by atoms with Crippen LogP contribution in [0, 0.1) is 13.8 Å². The fourth-order valence-corrected chi connectivity index (χ4v) is 3.31. The van der Waals surface area contributed by atoms with Crippen molar-refractivity contribution in [2.75, 3.05) is 19.6 Å². The fourth-order valence-electron chi connectivity index (χ4n) is 3.31. The summed E-state index contributed by atoms with van der Waals surface area (Å²) in [6.07, 6.45) is 3.76. The standard InChI is InChI=1S/C20H30N2O2/c1-4-11-22-12-9-17(10-13-22)21-20(24)8-7-19(23)18-14-15(2)5-6-16(18)3/h5-6,14,17H,4,7-13H2,1-3H3,(H,21,24). The molecule has 1 aliphatic heterocycles. The van der Waals surface area contributed by atoms with Gasteiger partial charge in [0, 0.05) is 37.5 Å². The lowest BCUT2D eigenvalue weighted by Gasteiger charge is -2.32. The summed E-state index contributed by atoms with van der Waals surface area (Å²) in [5.41, 5.74) is 2.80. The summed E-state index contributed by atoms with van der Waals surface area (Å²) in [6.45, 7) is 9.37. The molecule has 0 radical (unpaired) electrons. The van der Waals surface area contributed by atoms with Gasteiger partial charge in [0.25, 0.3) is 0 Å². The summed E-state index contributed by atoms with van der Waals surface area (Å²) < 4.78 is 0. The van der Waals surface area contributed by atoms with Gasteiger partial charge in [-0.25, -0.2) is 0 Å². The zero-order valence-electron chi connectivity index (χ0n) is 15.2. The van der Waals surface area contributed by atoms with E-state index in [2.05, 4.69) is 17.1 Å². The number of hydrogen-bond donors (Lipinski definition) is 1. The van der Waals surface area contributed by atoms with Crippen LogP contribution >= 0.6 is 0 Å². The highest BCUT2D eigenvalue weighted by molar-refractivity contribution is 5.99. The Labute approximate surface area is 145 Å². The van der Waals surface area contributed by atoms with Crippen LogP contribution in [0.4, 0.5) is 0 Å². The molecule has 1 N–H and O–H groups in total. The summed E-state index contributed by atoms with van der Waals surface area (Å²) in [7, 11) is 0. The van der Waals surface area contributed by atoms with Crippen molar-refractivity contribution < 1.29 is 9.59 Å². The molecule has 1 saturated heterocycles. The molecule has 1 fully saturated rings. The number of likely N-dealkylation sites (tertiary alicyclic amines) is 1. The predicted octanol–water partition coefficient (Wildman–Crippen LogP) is 3.26. The quantitative estimate of drug-likeness (QED) is 0.781. The van der Waals surface area contributed by atoms with Crippen molar-refractivity contribution in [3.8, 4) is 0 Å². The molecule has 132 valence electrons. The molecule has 0 spiro atoms. The molecule has 0 atom stereocenters. The highest BCUT2D eigenvalue weighted by Gasteiger charge is 2.20. The maximum atomic E-state index is 12.3. The van der Waals surface area contributed by atoms with Crippen LogP contribution in [0.25, 0.3) is 0 Å². The third-order valence-corrected chi connectivity index (χ3v) is 4.77. The molecule has 1 aliphatic rings. The van der Waals surface area contributed by atoms with Gasteiger partial charge in [-0.3, -0.25) is 9.59 Å². The zero-order chi connectivity index (χ0) is 17.5. The van der Waals surface area contributed by atoms with Gasteiger partial charge in [-0.05, 0) is 51.3 Å². The molecule has 0 aromatic heterocycles. The van der Waals surface area contributed by atoms with Gasteiger partial charge < -0.3 is 10.2 Å². The Hall–Kier alpha value is -1.68. The Morgan fingerprint density at radius 2 is 1.88 bits per heavy atom. The van der Waals surface area contributed by atoms with Gasteiger partial charge in [-0.1, -0.05) is 24.6 Å². The molecule has 0 aliphatic carbocycles. The number of aryl methyl sites for hydroxylation is 2. The monoisotopic (exact) mass is 330 g/mol. The number of ketones is 1. The predicted molar refractivity (Wildman–Crippen MR) is 97.4 cm³/mol. The minimum absolute atomic E-state index is 0.00241. The van der Waals surface area contributed by atoms with Crippen molar-refractivity contribution in [2.24, 2.45) is 0 Å². The van der Waals surface area contributed by atoms with Crippen molar-refractivity contribution in [1.29, 1.82) is 0 Å². The van der Waals surface area contributed by atoms with Crippen molar-refractivity contribution in [3.63, 3.8) is 0 Å². The van der Waals surface area contributed by atoms with E-state index in [-0.39, 0.29) is 30.6 Å². The molecule has 1 aromatic carbocycles. The topological polar surface area (TPSA) is 49.4 Å². The molecule has 4 nitrogen and oxygen atoms in total. The Morgan fingerprint density at radius 1 is 1.17 bits per heavy atom. The summed E-state index contributed by atoms with van der Waals surface area (Å²) >= 11 is 0. The van der Waals surface area contributed by atoms with E-state index >= 15 is 0 Å². The first-order valence-corrected chi connectivity index (χ1v) is 9.11. The number of piperidine rings is 1. The van der Waals surface area contributed by atoms with E-state index in [9.17, 15) is 9.59 Å². The van der Waals surface area contributed by atoms with Crippen LogP contribution in [0.3, 0.4) is 0 Å². The molecule has 1 aromatic rings. The van der Waals surface area contributed by atoms with E-state index in [1.807, 2.05) is 32.0 Å². The lowest BCUT2D eigenvalue weighted by atomic mass is 9.99. The molecule has 24 heavy (non-hydrogen) atoms. The van der Waals surface area contributed by atoms with Crippen LogP contribution in [0.1, 0.15) is 60.5 Å². The largest absolute Gasteiger partial charge is 0.353 e. The van der Waals surface area contributed by atoms with Crippen molar-refractivity contribution in [1.82, 2.24) is 10.2 Å². The van der Waals surface area contributed by atoms with Crippen molar-refractivity contribution >= 4 is 11.7 Å². The fraction of sp³-hybridized carbons (Fsp3) is 0.600. The molecule has 0 unspecified atom stereocenters. The Kier molecular flexibility index (Phi) is 6.98. The summed E-state index contributed by atoms with van der Waals surface area (Å²) in [4.78, 5) is 26.9. The Morgan fingerprint density at radius 3 is 2.54 bits per heavy atom. The first-order chi connectivity index (χ1) is 11.5. The number of nitrogens with zero attached hydrogens (tertiary/aromatic N) is 1. The van der Waals surface area contributed by atoms with Gasteiger partial charge in [0.1, 0.15) is 0 Å². The molecule has 2 rings (SSSR count). The van der Waals surface area contributed by atoms with Gasteiger partial charge in [0.05, 0.1) is 0 Å². The number of carbonyl (C=O) groups excluding carboxylic acids is 2. The Balaban J connectivity index is 1.75. The number of hydrogen-bond acceptors (Lipinski definition) is 3. The van der Waals surface area contributed by atoms with Crippen LogP contribution in [-0.2, 0) is 4.79 Å². The molecular weight excluding hydrogens is 300 g/mol. The van der Waals surface area contributed by atoms with Crippen LogP contribution in [-0.4, -0.2) is 42.3 Å². The SMILES string of the molecule is CCCN1CCC(NC(=O)CCC(=O)c2cc(C)ccc2C)CC1. The minimum atomic E-state index is 0.00241. The van der Waals surface area contributed by atoms with Crippen molar-refractivity contribution in [2.45, 2.75) is 58.9 Å². The van der Waals surface area contributed by atoms with Gasteiger partial charge >= 0.3 is 0 Å². The zero-order valence-corrected chi connectivity index (χ0v) is 15.2. The van der Waals surface area contributed by atoms with E-state index in [1.54, 1.807) is 0 Å². The first-order valence-electron chi connectivity index (χ1n) is 9.11. The van der Waals surface area contributed by atoms with E-state index in [1.165, 1.54) is 6.42 Å². The summed E-state index contributed by atoms with van der Waals surface area (Å²) in [5.74, 6) is 0.0618. The van der Waals surface area contributed by atoms with Crippen LogP contribution in [0.5, 0.6) is 0 Å². The van der Waals surface area contributed by atoms with Gasteiger partial charge in [-0.2, -0.15) is 0 Å². The highest BCUT2D eigenvalue weighted by Crippen LogP contribution is 2.15. The first kappa shape index (κ1) is 18.7. The van der Waals surface area contributed by atoms with E-state index < -0.39 is 0 Å². The van der Waals surface area contributed by atoms with Crippen LogP contribution < -0.4 is 5.32 Å². The van der Waals surface area contributed by atoms with E-state index in [0.717, 1.165) is 49.2 Å². The average Bonchev–Trinajstić information content (AvgIpc) is 2.57. The smallest absolute Gasteiger partial charge is 0.220 e. The lowest BCUT2D eigenvalue weighted by Crippen LogP contribution is -2.44. The highest BCUT2D eigenvalue weighted by atomic mass is 16.2. The van der Waals surface area contributed by atoms with Crippen molar-refractivity contribution in [3.05, 3.63) is 34.9 Å². The maximum Gasteiger partial charge on any atom is 0.220 e. The van der Waals surface area contributed by atoms with Gasteiger partial charge in [0.2, 0.25) is 5.91 Å². The maximum absolute atomic E-state index is 12.3. The van der Waals surface area contributed by atoms with Crippen LogP contribution in [0.15, 0.2) is 18.2 Å². The normalized spacial score (nSPS) is 16.1. The molecule has 4 heteroatoms.